The van der Waals surface area contributed by atoms with Gasteiger partial charge in [0, 0.05) is 26.7 Å². The lowest BCUT2D eigenvalue weighted by Gasteiger charge is -2.16. The first-order chi connectivity index (χ1) is 6.20. The van der Waals surface area contributed by atoms with Gasteiger partial charge in [0.15, 0.2) is 0 Å². The van der Waals surface area contributed by atoms with E-state index in [-0.39, 0.29) is 12.1 Å². The highest BCUT2D eigenvalue weighted by Gasteiger charge is 2.32. The molecule has 1 aliphatic rings. The van der Waals surface area contributed by atoms with E-state index in [0.29, 0.717) is 6.54 Å². The molecule has 74 valence electrons. The van der Waals surface area contributed by atoms with Crippen molar-refractivity contribution in [3.63, 3.8) is 0 Å². The molecule has 4 nitrogen and oxygen atoms in total. The molecule has 1 heterocycles. The van der Waals surface area contributed by atoms with Gasteiger partial charge in [-0.2, -0.15) is 0 Å². The van der Waals surface area contributed by atoms with Crippen molar-refractivity contribution in [3.8, 4) is 0 Å². The molecule has 0 bridgehead atoms. The molecular formula is C9H17N3O. The molecule has 1 unspecified atom stereocenters. The van der Waals surface area contributed by atoms with Gasteiger partial charge in [-0.05, 0) is 7.05 Å². The first-order valence-corrected chi connectivity index (χ1v) is 4.48. The number of hydrogen-bond acceptors (Lipinski definition) is 2. The van der Waals surface area contributed by atoms with E-state index in [0.717, 1.165) is 13.1 Å². The maximum absolute atomic E-state index is 11.6. The maximum Gasteiger partial charge on any atom is 0.320 e. The van der Waals surface area contributed by atoms with Crippen molar-refractivity contribution in [2.24, 2.45) is 0 Å². The Labute approximate surface area is 79.2 Å². The van der Waals surface area contributed by atoms with Crippen LogP contribution in [0.15, 0.2) is 12.7 Å². The highest BCUT2D eigenvalue weighted by molar-refractivity contribution is 5.77. The minimum atomic E-state index is 0.0974. The SMILES string of the molecule is C=CCN1CC(CNC)N(C)C1=O. The Hall–Kier alpha value is -1.03. The molecule has 1 rings (SSSR count). The summed E-state index contributed by atoms with van der Waals surface area (Å²) in [6, 6.07) is 0.387. The average molecular weight is 183 g/mol. The number of nitrogens with one attached hydrogen (secondary N) is 1. The zero-order valence-corrected chi connectivity index (χ0v) is 8.29. The molecule has 0 radical (unpaired) electrons. The topological polar surface area (TPSA) is 35.6 Å². The van der Waals surface area contributed by atoms with Gasteiger partial charge in [0.2, 0.25) is 0 Å². The molecule has 0 aliphatic carbocycles. The first-order valence-electron chi connectivity index (χ1n) is 4.48. The zero-order chi connectivity index (χ0) is 9.84. The molecule has 0 aromatic carbocycles. The van der Waals surface area contributed by atoms with Gasteiger partial charge in [-0.15, -0.1) is 6.58 Å². The van der Waals surface area contributed by atoms with Gasteiger partial charge in [0.05, 0.1) is 6.04 Å². The molecule has 4 heteroatoms. The number of carbonyl (C=O) groups excluding carboxylic acids is 1. The van der Waals surface area contributed by atoms with Crippen LogP contribution in [-0.4, -0.2) is 55.6 Å². The number of urea groups is 1. The summed E-state index contributed by atoms with van der Waals surface area (Å²) in [5.41, 5.74) is 0. The minimum absolute atomic E-state index is 0.0974. The number of hydrogen-bond donors (Lipinski definition) is 1. The first kappa shape index (κ1) is 10.1. The summed E-state index contributed by atoms with van der Waals surface area (Å²) >= 11 is 0. The van der Waals surface area contributed by atoms with Crippen LogP contribution < -0.4 is 5.32 Å². The highest BCUT2D eigenvalue weighted by Crippen LogP contribution is 2.12. The van der Waals surface area contributed by atoms with E-state index in [1.54, 1.807) is 15.9 Å². The fourth-order valence-corrected chi connectivity index (χ4v) is 1.58. The van der Waals surface area contributed by atoms with E-state index in [2.05, 4.69) is 11.9 Å². The van der Waals surface area contributed by atoms with Crippen LogP contribution in [0.25, 0.3) is 0 Å². The standard InChI is InChI=1S/C9H17N3O/c1-4-5-12-7-8(6-10-2)11(3)9(12)13/h4,8,10H,1,5-7H2,2-3H3. The molecule has 2 amide bonds. The molecule has 1 N–H and O–H groups in total. The van der Waals surface area contributed by atoms with Crippen molar-refractivity contribution in [3.05, 3.63) is 12.7 Å². The highest BCUT2D eigenvalue weighted by atomic mass is 16.2. The second-order valence-electron chi connectivity index (χ2n) is 3.30. The second-order valence-corrected chi connectivity index (χ2v) is 3.30. The van der Waals surface area contributed by atoms with Crippen molar-refractivity contribution in [2.45, 2.75) is 6.04 Å². The zero-order valence-electron chi connectivity index (χ0n) is 8.29. The van der Waals surface area contributed by atoms with E-state index in [4.69, 9.17) is 0 Å². The summed E-state index contributed by atoms with van der Waals surface area (Å²) in [4.78, 5) is 15.1. The fourth-order valence-electron chi connectivity index (χ4n) is 1.58. The third-order valence-electron chi connectivity index (χ3n) is 2.34. The molecule has 0 aromatic rings. The fraction of sp³-hybridized carbons (Fsp3) is 0.667. The third-order valence-corrected chi connectivity index (χ3v) is 2.34. The van der Waals surface area contributed by atoms with Gasteiger partial charge in [0.1, 0.15) is 0 Å². The van der Waals surface area contributed by atoms with Crippen LogP contribution in [-0.2, 0) is 0 Å². The van der Waals surface area contributed by atoms with Crippen LogP contribution in [0.3, 0.4) is 0 Å². The van der Waals surface area contributed by atoms with Crippen molar-refractivity contribution < 1.29 is 4.79 Å². The number of nitrogens with zero attached hydrogens (tertiary/aromatic N) is 2. The number of carbonyl (C=O) groups is 1. The smallest absolute Gasteiger partial charge is 0.320 e. The van der Waals surface area contributed by atoms with Crippen LogP contribution in [0.5, 0.6) is 0 Å². The number of likely N-dealkylation sites (N-methyl/N-ethyl adjacent to an activating group) is 2. The van der Waals surface area contributed by atoms with Crippen molar-refractivity contribution in [1.29, 1.82) is 0 Å². The average Bonchev–Trinajstić information content (AvgIpc) is 2.36. The van der Waals surface area contributed by atoms with E-state index >= 15 is 0 Å². The second kappa shape index (κ2) is 4.28. The lowest BCUT2D eigenvalue weighted by Crippen LogP contribution is -2.37. The summed E-state index contributed by atoms with van der Waals surface area (Å²) < 4.78 is 0. The van der Waals surface area contributed by atoms with E-state index in [1.165, 1.54) is 0 Å². The predicted molar refractivity (Wildman–Crippen MR) is 52.6 cm³/mol. The van der Waals surface area contributed by atoms with Crippen LogP contribution in [0.2, 0.25) is 0 Å². The van der Waals surface area contributed by atoms with Crippen molar-refractivity contribution >= 4 is 6.03 Å². The third kappa shape index (κ3) is 2.01. The van der Waals surface area contributed by atoms with Gasteiger partial charge in [-0.3, -0.25) is 0 Å². The van der Waals surface area contributed by atoms with Crippen molar-refractivity contribution in [1.82, 2.24) is 15.1 Å². The monoisotopic (exact) mass is 183 g/mol. The Morgan fingerprint density at radius 2 is 2.46 bits per heavy atom. The molecule has 0 spiro atoms. The quantitative estimate of drug-likeness (QED) is 0.629. The molecule has 1 aliphatic heterocycles. The molecular weight excluding hydrogens is 166 g/mol. The summed E-state index contributed by atoms with van der Waals surface area (Å²) in [5, 5.41) is 3.08. The van der Waals surface area contributed by atoms with E-state index < -0.39 is 0 Å². The number of amides is 2. The molecule has 13 heavy (non-hydrogen) atoms. The summed E-state index contributed by atoms with van der Waals surface area (Å²) in [6.45, 7) is 5.91. The largest absolute Gasteiger partial charge is 0.322 e. The molecule has 1 saturated heterocycles. The van der Waals surface area contributed by atoms with Gasteiger partial charge in [-0.25, -0.2) is 4.79 Å². The normalized spacial score (nSPS) is 22.6. The molecule has 0 saturated carbocycles. The Morgan fingerprint density at radius 1 is 1.77 bits per heavy atom. The molecule has 0 aromatic heterocycles. The predicted octanol–water partition coefficient (Wildman–Crippen LogP) is 0.128. The lowest BCUT2D eigenvalue weighted by molar-refractivity contribution is 0.198. The number of rotatable bonds is 4. The summed E-state index contributed by atoms with van der Waals surface area (Å²) in [5.74, 6) is 0. The summed E-state index contributed by atoms with van der Waals surface area (Å²) in [7, 11) is 3.74. The summed E-state index contributed by atoms with van der Waals surface area (Å²) in [6.07, 6.45) is 1.76. The Bertz CT molecular complexity index is 205. The van der Waals surface area contributed by atoms with E-state index in [9.17, 15) is 4.79 Å². The maximum atomic E-state index is 11.6. The van der Waals surface area contributed by atoms with Gasteiger partial charge < -0.3 is 15.1 Å². The van der Waals surface area contributed by atoms with Crippen LogP contribution in [0.1, 0.15) is 0 Å². The molecule has 1 atom stereocenters. The Morgan fingerprint density at radius 3 is 3.00 bits per heavy atom. The van der Waals surface area contributed by atoms with Gasteiger partial charge in [0.25, 0.3) is 0 Å². The Balaban J connectivity index is 2.55. The van der Waals surface area contributed by atoms with Gasteiger partial charge in [-0.1, -0.05) is 6.08 Å². The van der Waals surface area contributed by atoms with Crippen LogP contribution in [0.4, 0.5) is 4.79 Å². The minimum Gasteiger partial charge on any atom is -0.322 e. The Kier molecular flexibility index (Phi) is 3.31. The van der Waals surface area contributed by atoms with E-state index in [1.807, 2.05) is 14.1 Å². The van der Waals surface area contributed by atoms with Crippen LogP contribution >= 0.6 is 0 Å². The molecule has 1 fully saturated rings. The van der Waals surface area contributed by atoms with Crippen molar-refractivity contribution in [2.75, 3.05) is 33.7 Å². The van der Waals surface area contributed by atoms with Crippen LogP contribution in [0, 0.1) is 0 Å². The lowest BCUT2D eigenvalue weighted by atomic mass is 10.3. The van der Waals surface area contributed by atoms with Gasteiger partial charge >= 0.3 is 6.03 Å².